The molecule has 0 amide bonds. The molecule has 0 unspecified atom stereocenters. The van der Waals surface area contributed by atoms with E-state index in [4.69, 9.17) is 0 Å². The molecule has 0 saturated carbocycles. The SMILES string of the molecule is CC(C)n1nc2c(n1)C(=O)c1cnncc1C2=O. The highest BCUT2D eigenvalue weighted by atomic mass is 16.1. The molecule has 0 aliphatic heterocycles. The number of rotatable bonds is 1. The van der Waals surface area contributed by atoms with Crippen molar-refractivity contribution in [1.82, 2.24) is 25.2 Å². The van der Waals surface area contributed by atoms with Crippen molar-refractivity contribution in [3.63, 3.8) is 0 Å². The fraction of sp³-hybridized carbons (Fsp3) is 0.273. The second-order valence-corrected chi connectivity index (χ2v) is 4.29. The second kappa shape index (κ2) is 3.52. The Kier molecular flexibility index (Phi) is 2.09. The van der Waals surface area contributed by atoms with Gasteiger partial charge in [-0.25, -0.2) is 0 Å². The van der Waals surface area contributed by atoms with Crippen LogP contribution in [0.2, 0.25) is 0 Å². The molecule has 0 fully saturated rings. The van der Waals surface area contributed by atoms with Crippen LogP contribution >= 0.6 is 0 Å². The predicted octanol–water partition coefficient (Wildman–Crippen LogP) is 0.424. The Morgan fingerprint density at radius 1 is 0.944 bits per heavy atom. The molecule has 0 bridgehead atoms. The molecule has 0 radical (unpaired) electrons. The summed E-state index contributed by atoms with van der Waals surface area (Å²) in [4.78, 5) is 25.7. The fourth-order valence-electron chi connectivity index (χ4n) is 1.80. The molecule has 0 aromatic carbocycles. The summed E-state index contributed by atoms with van der Waals surface area (Å²) in [5.74, 6) is -0.664. The molecule has 18 heavy (non-hydrogen) atoms. The van der Waals surface area contributed by atoms with Crippen LogP contribution in [-0.4, -0.2) is 36.8 Å². The topological polar surface area (TPSA) is 90.6 Å². The number of carbonyl (C=O) groups excluding carboxylic acids is 2. The molecule has 7 nitrogen and oxygen atoms in total. The van der Waals surface area contributed by atoms with Gasteiger partial charge in [-0.05, 0) is 13.8 Å². The number of nitrogens with zero attached hydrogens (tertiary/aromatic N) is 5. The van der Waals surface area contributed by atoms with Gasteiger partial charge in [-0.2, -0.15) is 15.0 Å². The van der Waals surface area contributed by atoms with Gasteiger partial charge in [-0.3, -0.25) is 9.59 Å². The third kappa shape index (κ3) is 1.30. The molecule has 7 heteroatoms. The minimum absolute atomic E-state index is 0.0180. The first-order valence-corrected chi connectivity index (χ1v) is 5.46. The molecule has 90 valence electrons. The van der Waals surface area contributed by atoms with Crippen LogP contribution in [-0.2, 0) is 0 Å². The van der Waals surface area contributed by atoms with Crippen molar-refractivity contribution in [2.45, 2.75) is 19.9 Å². The molecule has 2 aromatic rings. The van der Waals surface area contributed by atoms with Crippen molar-refractivity contribution in [3.8, 4) is 0 Å². The van der Waals surface area contributed by atoms with Gasteiger partial charge in [-0.1, -0.05) is 0 Å². The van der Waals surface area contributed by atoms with Gasteiger partial charge in [0.2, 0.25) is 11.6 Å². The lowest BCUT2D eigenvalue weighted by atomic mass is 9.93. The van der Waals surface area contributed by atoms with Gasteiger partial charge in [-0.15, -0.1) is 10.2 Å². The Labute approximate surface area is 102 Å². The molecule has 0 N–H and O–H groups in total. The van der Waals surface area contributed by atoms with Gasteiger partial charge in [0.25, 0.3) is 0 Å². The predicted molar refractivity (Wildman–Crippen MR) is 59.3 cm³/mol. The summed E-state index contributed by atoms with van der Waals surface area (Å²) < 4.78 is 0. The lowest BCUT2D eigenvalue weighted by Crippen LogP contribution is -2.21. The molecule has 1 aliphatic rings. The maximum absolute atomic E-state index is 12.2. The minimum Gasteiger partial charge on any atom is -0.287 e. The maximum Gasteiger partial charge on any atom is 0.218 e. The van der Waals surface area contributed by atoms with Crippen LogP contribution in [0.4, 0.5) is 0 Å². The number of hydrogen-bond donors (Lipinski definition) is 0. The molecule has 0 spiro atoms. The molecule has 3 rings (SSSR count). The lowest BCUT2D eigenvalue weighted by Gasteiger charge is -2.09. The smallest absolute Gasteiger partial charge is 0.218 e. The fourth-order valence-corrected chi connectivity index (χ4v) is 1.80. The van der Waals surface area contributed by atoms with Gasteiger partial charge < -0.3 is 0 Å². The van der Waals surface area contributed by atoms with Gasteiger partial charge in [0, 0.05) is 0 Å². The van der Waals surface area contributed by atoms with E-state index in [0.29, 0.717) is 0 Å². The van der Waals surface area contributed by atoms with E-state index in [1.54, 1.807) is 0 Å². The maximum atomic E-state index is 12.2. The van der Waals surface area contributed by atoms with Crippen LogP contribution in [0, 0.1) is 0 Å². The third-order valence-electron chi connectivity index (χ3n) is 2.74. The van der Waals surface area contributed by atoms with Crippen LogP contribution in [0.3, 0.4) is 0 Å². The highest BCUT2D eigenvalue weighted by Crippen LogP contribution is 2.23. The molecule has 2 heterocycles. The monoisotopic (exact) mass is 243 g/mol. The summed E-state index contributed by atoms with van der Waals surface area (Å²) in [7, 11) is 0. The Morgan fingerprint density at radius 2 is 1.39 bits per heavy atom. The first-order valence-electron chi connectivity index (χ1n) is 5.46. The van der Waals surface area contributed by atoms with E-state index < -0.39 is 0 Å². The zero-order valence-corrected chi connectivity index (χ0v) is 9.78. The lowest BCUT2D eigenvalue weighted by molar-refractivity contribution is 0.0973. The number of fused-ring (bicyclic) bond motifs is 2. The molecule has 1 aliphatic carbocycles. The number of carbonyl (C=O) groups is 2. The van der Waals surface area contributed by atoms with Crippen LogP contribution < -0.4 is 0 Å². The molecule has 2 aromatic heterocycles. The minimum atomic E-state index is -0.332. The number of aromatic nitrogens is 5. The van der Waals surface area contributed by atoms with Crippen LogP contribution in [0.5, 0.6) is 0 Å². The van der Waals surface area contributed by atoms with E-state index in [0.717, 1.165) is 0 Å². The van der Waals surface area contributed by atoms with Crippen molar-refractivity contribution in [2.24, 2.45) is 0 Å². The zero-order chi connectivity index (χ0) is 12.9. The van der Waals surface area contributed by atoms with Crippen LogP contribution in [0.1, 0.15) is 52.0 Å². The average Bonchev–Trinajstić information content (AvgIpc) is 2.81. The summed E-state index contributed by atoms with van der Waals surface area (Å²) in [5.41, 5.74) is 0.653. The third-order valence-corrected chi connectivity index (χ3v) is 2.74. The van der Waals surface area contributed by atoms with Crippen molar-refractivity contribution in [3.05, 3.63) is 34.9 Å². The van der Waals surface area contributed by atoms with E-state index in [-0.39, 0.29) is 40.1 Å². The van der Waals surface area contributed by atoms with E-state index in [2.05, 4.69) is 20.4 Å². The second-order valence-electron chi connectivity index (χ2n) is 4.29. The Balaban J connectivity index is 2.24. The summed E-state index contributed by atoms with van der Waals surface area (Å²) in [6.45, 7) is 3.74. The van der Waals surface area contributed by atoms with Crippen LogP contribution in [0.15, 0.2) is 12.4 Å². The normalized spacial score (nSPS) is 13.7. The van der Waals surface area contributed by atoms with Crippen LogP contribution in [0.25, 0.3) is 0 Å². The summed E-state index contributed by atoms with van der Waals surface area (Å²) in [6.07, 6.45) is 2.57. The van der Waals surface area contributed by atoms with Crippen molar-refractivity contribution in [2.75, 3.05) is 0 Å². The first kappa shape index (κ1) is 10.7. The Hall–Kier alpha value is -2.44. The average molecular weight is 243 g/mol. The van der Waals surface area contributed by atoms with Crippen molar-refractivity contribution in [1.29, 1.82) is 0 Å². The van der Waals surface area contributed by atoms with E-state index in [9.17, 15) is 9.59 Å². The van der Waals surface area contributed by atoms with E-state index in [1.165, 1.54) is 17.2 Å². The summed E-state index contributed by atoms with van der Waals surface area (Å²) in [6, 6.07) is -0.0180. The summed E-state index contributed by atoms with van der Waals surface area (Å²) in [5, 5.41) is 15.4. The highest BCUT2D eigenvalue weighted by Gasteiger charge is 2.35. The van der Waals surface area contributed by atoms with E-state index >= 15 is 0 Å². The molecule has 0 atom stereocenters. The Morgan fingerprint density at radius 3 is 1.78 bits per heavy atom. The Bertz CT molecular complexity index is 621. The van der Waals surface area contributed by atoms with Gasteiger partial charge in [0.05, 0.1) is 29.6 Å². The van der Waals surface area contributed by atoms with Crippen molar-refractivity contribution >= 4 is 11.6 Å². The van der Waals surface area contributed by atoms with Crippen molar-refractivity contribution < 1.29 is 9.59 Å². The van der Waals surface area contributed by atoms with Gasteiger partial charge in [0.1, 0.15) is 0 Å². The standard InChI is InChI=1S/C11H9N5O2/c1-5(2)16-14-8-9(15-16)11(18)7-4-13-12-3-6(7)10(8)17/h3-5H,1-2H3. The van der Waals surface area contributed by atoms with Gasteiger partial charge >= 0.3 is 0 Å². The van der Waals surface area contributed by atoms with Gasteiger partial charge in [0.15, 0.2) is 11.4 Å². The van der Waals surface area contributed by atoms with E-state index in [1.807, 2.05) is 13.8 Å². The highest BCUT2D eigenvalue weighted by molar-refractivity contribution is 6.26. The number of hydrogen-bond acceptors (Lipinski definition) is 6. The summed E-state index contributed by atoms with van der Waals surface area (Å²) >= 11 is 0. The first-order chi connectivity index (χ1) is 8.59. The number of ketones is 2. The molecular weight excluding hydrogens is 234 g/mol. The largest absolute Gasteiger partial charge is 0.287 e. The molecule has 0 saturated heterocycles. The molecular formula is C11H9N5O2. The zero-order valence-electron chi connectivity index (χ0n) is 9.78. The quantitative estimate of drug-likeness (QED) is 0.615.